The third kappa shape index (κ3) is 8.52. The molecule has 7 heteroatoms. The largest absolute Gasteiger partial charge is 0.463 e. The van der Waals surface area contributed by atoms with Crippen LogP contribution in [0.25, 0.3) is 0 Å². The molecule has 0 aromatic rings. The average Bonchev–Trinajstić information content (AvgIpc) is 2.31. The molecule has 0 unspecified atom stereocenters. The predicted octanol–water partition coefficient (Wildman–Crippen LogP) is 1.95. The zero-order chi connectivity index (χ0) is 15.1. The van der Waals surface area contributed by atoms with Crippen molar-refractivity contribution in [2.45, 2.75) is 26.2 Å². The van der Waals surface area contributed by atoms with Crippen LogP contribution in [0.5, 0.6) is 0 Å². The van der Waals surface area contributed by atoms with E-state index in [1.165, 1.54) is 0 Å². The van der Waals surface area contributed by atoms with Gasteiger partial charge in [-0.25, -0.2) is 9.59 Å². The number of carbonyl (C=O) groups excluding carboxylic acids is 2. The molecule has 0 N–H and O–H groups in total. The predicted molar refractivity (Wildman–Crippen MR) is 78.4 cm³/mol. The summed E-state index contributed by atoms with van der Waals surface area (Å²) in [5.41, 5.74) is 0. The Morgan fingerprint density at radius 3 is 1.58 bits per heavy atom. The topological polar surface area (TPSA) is 61.8 Å². The number of carbonyl (C=O) groups is 2. The summed E-state index contributed by atoms with van der Waals surface area (Å²) in [6.07, 6.45) is 2.46. The first-order chi connectivity index (χ1) is 8.62. The van der Waals surface area contributed by atoms with Crippen LogP contribution >= 0.6 is 0 Å². The molecule has 0 fully saturated rings. The van der Waals surface area contributed by atoms with Gasteiger partial charge >= 0.3 is 11.9 Å². The molecule has 0 aliphatic rings. The molecule has 0 aromatic carbocycles. The Bertz CT molecular complexity index is 336. The average molecular weight is 302 g/mol. The van der Waals surface area contributed by atoms with Crippen molar-refractivity contribution in [2.75, 3.05) is 12.5 Å². The second-order valence-corrected chi connectivity index (χ2v) is 13.8. The fraction of sp³-hybridized carbons (Fsp3) is 0.500. The third-order valence-corrected chi connectivity index (χ3v) is 7.86. The minimum atomic E-state index is -2.46. The maximum atomic E-state index is 11.1. The Kier molecular flexibility index (Phi) is 6.95. The maximum Gasteiger partial charge on any atom is 0.329 e. The molecule has 0 aliphatic heterocycles. The zero-order valence-corrected chi connectivity index (χ0v) is 14.0. The Hall–Kier alpha value is -1.19. The number of hydrogen-bond acceptors (Lipinski definition) is 5. The van der Waals surface area contributed by atoms with E-state index >= 15 is 0 Å². The highest BCUT2D eigenvalue weighted by Crippen LogP contribution is 2.15. The lowest BCUT2D eigenvalue weighted by atomic mass is 10.7. The van der Waals surface area contributed by atoms with Crippen LogP contribution in [0, 0.1) is 0 Å². The van der Waals surface area contributed by atoms with Gasteiger partial charge in [0.2, 0.25) is 0 Å². The number of esters is 2. The zero-order valence-electron chi connectivity index (χ0n) is 12.0. The SMILES string of the molecule is C=CC(=O)OC[Si](C)(COC(=O)C=C)O[Si](C)(C)C. The second-order valence-electron chi connectivity index (χ2n) is 5.29. The van der Waals surface area contributed by atoms with Crippen LogP contribution in [0.1, 0.15) is 0 Å². The van der Waals surface area contributed by atoms with E-state index < -0.39 is 28.6 Å². The summed E-state index contributed by atoms with van der Waals surface area (Å²) in [5, 5.41) is 0. The van der Waals surface area contributed by atoms with Crippen molar-refractivity contribution < 1.29 is 23.2 Å². The number of hydrogen-bond donors (Lipinski definition) is 0. The fourth-order valence-corrected chi connectivity index (χ4v) is 8.77. The van der Waals surface area contributed by atoms with Crippen molar-refractivity contribution in [2.24, 2.45) is 0 Å². The van der Waals surface area contributed by atoms with E-state index in [0.717, 1.165) is 12.2 Å². The van der Waals surface area contributed by atoms with Gasteiger partial charge in [-0.05, 0) is 26.2 Å². The van der Waals surface area contributed by atoms with Gasteiger partial charge < -0.3 is 13.6 Å². The summed E-state index contributed by atoms with van der Waals surface area (Å²) < 4.78 is 16.2. The van der Waals surface area contributed by atoms with Crippen LogP contribution < -0.4 is 0 Å². The summed E-state index contributed by atoms with van der Waals surface area (Å²) >= 11 is 0. The van der Waals surface area contributed by atoms with Crippen molar-refractivity contribution in [3.8, 4) is 0 Å². The van der Waals surface area contributed by atoms with Crippen molar-refractivity contribution in [3.05, 3.63) is 25.3 Å². The van der Waals surface area contributed by atoms with E-state index in [9.17, 15) is 9.59 Å². The molecule has 0 rings (SSSR count). The van der Waals surface area contributed by atoms with Gasteiger partial charge in [0.05, 0.1) is 0 Å². The minimum absolute atomic E-state index is 0.131. The Morgan fingerprint density at radius 1 is 0.947 bits per heavy atom. The maximum absolute atomic E-state index is 11.1. The lowest BCUT2D eigenvalue weighted by molar-refractivity contribution is -0.136. The summed E-state index contributed by atoms with van der Waals surface area (Å²) in [4.78, 5) is 22.3. The number of ether oxygens (including phenoxy) is 2. The van der Waals surface area contributed by atoms with Crippen LogP contribution in [-0.4, -0.2) is 41.0 Å². The van der Waals surface area contributed by atoms with E-state index in [0.29, 0.717) is 0 Å². The highest BCUT2D eigenvalue weighted by Gasteiger charge is 2.37. The first kappa shape index (κ1) is 17.8. The van der Waals surface area contributed by atoms with Gasteiger partial charge in [-0.15, -0.1) is 0 Å². The van der Waals surface area contributed by atoms with Gasteiger partial charge in [0.1, 0.15) is 12.5 Å². The lowest BCUT2D eigenvalue weighted by Gasteiger charge is -2.33. The summed E-state index contributed by atoms with van der Waals surface area (Å²) in [6, 6.07) is 0. The van der Waals surface area contributed by atoms with Crippen molar-refractivity contribution in [3.63, 3.8) is 0 Å². The van der Waals surface area contributed by atoms with Gasteiger partial charge in [-0.2, -0.15) is 0 Å². The van der Waals surface area contributed by atoms with E-state index in [1.807, 2.05) is 26.2 Å². The molecule has 0 saturated heterocycles. The second kappa shape index (κ2) is 7.41. The molecule has 19 heavy (non-hydrogen) atoms. The van der Waals surface area contributed by atoms with Crippen LogP contribution in [0.4, 0.5) is 0 Å². The molecule has 0 saturated carbocycles. The van der Waals surface area contributed by atoms with E-state index in [-0.39, 0.29) is 12.5 Å². The molecule has 0 atom stereocenters. The molecule has 0 spiro atoms. The highest BCUT2D eigenvalue weighted by atomic mass is 28.4. The van der Waals surface area contributed by atoms with Gasteiger partial charge in [-0.1, -0.05) is 13.2 Å². The molecule has 0 amide bonds. The van der Waals surface area contributed by atoms with E-state index in [1.54, 1.807) is 0 Å². The molecule has 0 bridgehead atoms. The highest BCUT2D eigenvalue weighted by molar-refractivity contribution is 6.85. The minimum Gasteiger partial charge on any atom is -0.463 e. The molecular weight excluding hydrogens is 280 g/mol. The Labute approximate surface area is 116 Å². The van der Waals surface area contributed by atoms with Crippen molar-refractivity contribution in [1.29, 1.82) is 0 Å². The molecular formula is C12H22O5Si2. The fourth-order valence-electron chi connectivity index (χ4n) is 1.41. The van der Waals surface area contributed by atoms with Crippen LogP contribution in [0.3, 0.4) is 0 Å². The Balaban J connectivity index is 4.70. The molecule has 0 heterocycles. The van der Waals surface area contributed by atoms with Gasteiger partial charge in [0.15, 0.2) is 8.32 Å². The molecule has 108 valence electrons. The lowest BCUT2D eigenvalue weighted by Crippen LogP contribution is -2.53. The summed E-state index contributed by atoms with van der Waals surface area (Å²) in [6.45, 7) is 14.6. The molecule has 0 aliphatic carbocycles. The number of rotatable bonds is 8. The van der Waals surface area contributed by atoms with Crippen LogP contribution in [0.2, 0.25) is 26.2 Å². The van der Waals surface area contributed by atoms with Gasteiger partial charge in [-0.3, -0.25) is 0 Å². The van der Waals surface area contributed by atoms with Crippen LogP contribution in [-0.2, 0) is 23.2 Å². The smallest absolute Gasteiger partial charge is 0.329 e. The van der Waals surface area contributed by atoms with Crippen molar-refractivity contribution in [1.82, 2.24) is 0 Å². The van der Waals surface area contributed by atoms with Crippen molar-refractivity contribution >= 4 is 28.6 Å². The molecule has 0 aromatic heterocycles. The molecule has 0 radical (unpaired) electrons. The summed E-state index contributed by atoms with van der Waals surface area (Å²) in [5.74, 6) is -1.01. The van der Waals surface area contributed by atoms with Gasteiger partial charge in [0.25, 0.3) is 8.32 Å². The third-order valence-electron chi connectivity index (χ3n) is 1.93. The van der Waals surface area contributed by atoms with E-state index in [4.69, 9.17) is 13.6 Å². The first-order valence-corrected chi connectivity index (χ1v) is 12.1. The molecule has 5 nitrogen and oxygen atoms in total. The monoisotopic (exact) mass is 302 g/mol. The first-order valence-electron chi connectivity index (χ1n) is 5.90. The van der Waals surface area contributed by atoms with Crippen LogP contribution in [0.15, 0.2) is 25.3 Å². The Morgan fingerprint density at radius 2 is 1.32 bits per heavy atom. The van der Waals surface area contributed by atoms with Gasteiger partial charge in [0, 0.05) is 12.2 Å². The quantitative estimate of drug-likeness (QED) is 0.389. The normalized spacial score (nSPS) is 11.6. The van der Waals surface area contributed by atoms with E-state index in [2.05, 4.69) is 13.2 Å². The standard InChI is InChI=1S/C12H22O5Si2/c1-7-11(13)15-9-19(6,17-18(3,4)5)10-16-12(14)8-2/h7-8H,1-2,9-10H2,3-6H3. The summed E-state index contributed by atoms with van der Waals surface area (Å²) in [7, 11) is -4.29.